The van der Waals surface area contributed by atoms with Crippen LogP contribution in [-0.4, -0.2) is 83.5 Å². The molecule has 31 heavy (non-hydrogen) atoms. The van der Waals surface area contributed by atoms with Gasteiger partial charge in [-0.25, -0.2) is 9.18 Å². The van der Waals surface area contributed by atoms with Crippen LogP contribution < -0.4 is 5.32 Å². The van der Waals surface area contributed by atoms with Crippen molar-refractivity contribution in [3.8, 4) is 0 Å². The van der Waals surface area contributed by atoms with E-state index in [1.165, 1.54) is 24.3 Å². The van der Waals surface area contributed by atoms with Crippen molar-refractivity contribution in [1.82, 2.24) is 14.7 Å². The lowest BCUT2D eigenvalue weighted by atomic mass is 9.81. The van der Waals surface area contributed by atoms with E-state index in [0.29, 0.717) is 38.3 Å². The minimum Gasteiger partial charge on any atom is -0.481 e. The van der Waals surface area contributed by atoms with Gasteiger partial charge in [-0.05, 0) is 55.5 Å². The molecule has 0 aromatic heterocycles. The number of nitrogens with zero attached hydrogens (tertiary/aromatic N) is 3. The van der Waals surface area contributed by atoms with Gasteiger partial charge in [-0.3, -0.25) is 14.5 Å². The summed E-state index contributed by atoms with van der Waals surface area (Å²) in [5.74, 6) is -0.956. The molecule has 2 saturated heterocycles. The SMILES string of the molecule is CC(=O)N1CCN(CCC2CN(C(=O)Nc3ccc(F)cc3)CCC2CC(=O)O)CC1. The summed E-state index contributed by atoms with van der Waals surface area (Å²) in [6, 6.07) is 5.37. The van der Waals surface area contributed by atoms with Crippen LogP contribution >= 0.6 is 0 Å². The molecule has 9 heteroatoms. The zero-order chi connectivity index (χ0) is 22.4. The van der Waals surface area contributed by atoms with Gasteiger partial charge >= 0.3 is 12.0 Å². The molecule has 170 valence electrons. The van der Waals surface area contributed by atoms with Crippen molar-refractivity contribution < 1.29 is 23.9 Å². The van der Waals surface area contributed by atoms with Gasteiger partial charge in [0.05, 0.1) is 0 Å². The number of carboxylic acids is 1. The Morgan fingerprint density at radius 1 is 1.03 bits per heavy atom. The van der Waals surface area contributed by atoms with Crippen molar-refractivity contribution in [2.45, 2.75) is 26.2 Å². The predicted octanol–water partition coefficient (Wildman–Crippen LogP) is 2.32. The van der Waals surface area contributed by atoms with Gasteiger partial charge in [0, 0.05) is 58.3 Å². The zero-order valence-electron chi connectivity index (χ0n) is 17.9. The first-order valence-corrected chi connectivity index (χ1v) is 10.8. The summed E-state index contributed by atoms with van der Waals surface area (Å²) >= 11 is 0. The lowest BCUT2D eigenvalue weighted by molar-refractivity contribution is -0.139. The average molecular weight is 435 g/mol. The fraction of sp³-hybridized carbons (Fsp3) is 0.591. The van der Waals surface area contributed by atoms with Crippen molar-refractivity contribution in [1.29, 1.82) is 0 Å². The number of carbonyl (C=O) groups excluding carboxylic acids is 2. The number of piperazine rings is 1. The number of anilines is 1. The number of benzene rings is 1. The van der Waals surface area contributed by atoms with Gasteiger partial charge in [-0.1, -0.05) is 0 Å². The molecule has 2 unspecified atom stereocenters. The van der Waals surface area contributed by atoms with Crippen LogP contribution in [0.4, 0.5) is 14.9 Å². The Morgan fingerprint density at radius 2 is 1.71 bits per heavy atom. The number of likely N-dealkylation sites (tertiary alicyclic amines) is 1. The Bertz CT molecular complexity index is 780. The Labute approximate surface area is 182 Å². The molecule has 0 radical (unpaired) electrons. The van der Waals surface area contributed by atoms with E-state index < -0.39 is 5.97 Å². The standard InChI is InChI=1S/C22H31FN4O4/c1-16(28)26-12-10-25(11-13-26)8-6-18-15-27(9-7-17(18)14-21(29)30)22(31)24-20-4-2-19(23)3-5-20/h2-5,17-18H,6-15H2,1H3,(H,24,31)(H,29,30). The maximum atomic E-state index is 13.1. The Balaban J connectivity index is 1.55. The monoisotopic (exact) mass is 434 g/mol. The van der Waals surface area contributed by atoms with Crippen molar-refractivity contribution in [2.75, 3.05) is 51.1 Å². The van der Waals surface area contributed by atoms with Crippen molar-refractivity contribution in [2.24, 2.45) is 11.8 Å². The summed E-state index contributed by atoms with van der Waals surface area (Å²) in [5.41, 5.74) is 0.527. The quantitative estimate of drug-likeness (QED) is 0.717. The van der Waals surface area contributed by atoms with Crippen LogP contribution in [0.15, 0.2) is 24.3 Å². The summed E-state index contributed by atoms with van der Waals surface area (Å²) < 4.78 is 13.1. The highest BCUT2D eigenvalue weighted by molar-refractivity contribution is 5.89. The molecular formula is C22H31FN4O4. The normalized spacial score (nSPS) is 22.3. The van der Waals surface area contributed by atoms with Gasteiger partial charge in [0.1, 0.15) is 5.82 Å². The highest BCUT2D eigenvalue weighted by Gasteiger charge is 2.33. The molecule has 0 aliphatic carbocycles. The number of carboxylic acid groups (broad SMARTS) is 1. The fourth-order valence-corrected chi connectivity index (χ4v) is 4.46. The number of nitrogens with one attached hydrogen (secondary N) is 1. The Kier molecular flexibility index (Phi) is 7.84. The van der Waals surface area contributed by atoms with Gasteiger partial charge in [0.2, 0.25) is 5.91 Å². The van der Waals surface area contributed by atoms with E-state index in [2.05, 4.69) is 10.2 Å². The number of hydrogen-bond acceptors (Lipinski definition) is 4. The zero-order valence-corrected chi connectivity index (χ0v) is 17.9. The van der Waals surface area contributed by atoms with Crippen LogP contribution in [0.25, 0.3) is 0 Å². The number of piperidine rings is 1. The highest BCUT2D eigenvalue weighted by Crippen LogP contribution is 2.30. The second kappa shape index (κ2) is 10.6. The highest BCUT2D eigenvalue weighted by atomic mass is 19.1. The van der Waals surface area contributed by atoms with Gasteiger partial charge < -0.3 is 20.2 Å². The van der Waals surface area contributed by atoms with E-state index in [0.717, 1.165) is 26.1 Å². The number of carbonyl (C=O) groups is 3. The first-order valence-electron chi connectivity index (χ1n) is 10.8. The second-order valence-electron chi connectivity index (χ2n) is 8.43. The van der Waals surface area contributed by atoms with E-state index in [4.69, 9.17) is 0 Å². The average Bonchev–Trinajstić information content (AvgIpc) is 2.74. The third kappa shape index (κ3) is 6.65. The largest absolute Gasteiger partial charge is 0.481 e. The second-order valence-corrected chi connectivity index (χ2v) is 8.43. The first kappa shape index (κ1) is 23.0. The maximum absolute atomic E-state index is 13.1. The molecule has 3 rings (SSSR count). The lowest BCUT2D eigenvalue weighted by Crippen LogP contribution is -2.50. The van der Waals surface area contributed by atoms with Crippen molar-refractivity contribution in [3.63, 3.8) is 0 Å². The molecule has 3 amide bonds. The molecule has 2 heterocycles. The van der Waals surface area contributed by atoms with Gasteiger partial charge in [-0.2, -0.15) is 0 Å². The molecule has 2 aliphatic rings. The molecular weight excluding hydrogens is 403 g/mol. The van der Waals surface area contributed by atoms with Gasteiger partial charge in [-0.15, -0.1) is 0 Å². The molecule has 8 nitrogen and oxygen atoms in total. The number of hydrogen-bond donors (Lipinski definition) is 2. The summed E-state index contributed by atoms with van der Waals surface area (Å²) in [5, 5.41) is 12.1. The Morgan fingerprint density at radius 3 is 2.32 bits per heavy atom. The van der Waals surface area contributed by atoms with E-state index in [1.54, 1.807) is 11.8 Å². The number of aliphatic carboxylic acids is 1. The van der Waals surface area contributed by atoms with Crippen LogP contribution in [0.1, 0.15) is 26.2 Å². The number of urea groups is 1. The molecule has 0 saturated carbocycles. The molecule has 2 N–H and O–H groups in total. The van der Waals surface area contributed by atoms with Crippen LogP contribution in [0.3, 0.4) is 0 Å². The third-order valence-corrected chi connectivity index (χ3v) is 6.34. The number of rotatable bonds is 6. The molecule has 1 aromatic carbocycles. The number of halogens is 1. The molecule has 1 aromatic rings. The van der Waals surface area contributed by atoms with E-state index in [1.807, 2.05) is 4.90 Å². The topological polar surface area (TPSA) is 93.2 Å². The first-order chi connectivity index (χ1) is 14.8. The molecule has 2 atom stereocenters. The van der Waals surface area contributed by atoms with E-state index >= 15 is 0 Å². The van der Waals surface area contributed by atoms with Crippen LogP contribution in [0.2, 0.25) is 0 Å². The summed E-state index contributed by atoms with van der Waals surface area (Å²) in [6.07, 6.45) is 1.56. The van der Waals surface area contributed by atoms with Gasteiger partial charge in [0.25, 0.3) is 0 Å². The van der Waals surface area contributed by atoms with Crippen molar-refractivity contribution >= 4 is 23.6 Å². The lowest BCUT2D eigenvalue weighted by Gasteiger charge is -2.40. The van der Waals surface area contributed by atoms with E-state index in [-0.39, 0.29) is 36.0 Å². The minimum atomic E-state index is -0.811. The smallest absolute Gasteiger partial charge is 0.321 e. The van der Waals surface area contributed by atoms with E-state index in [9.17, 15) is 23.9 Å². The summed E-state index contributed by atoms with van der Waals surface area (Å²) in [7, 11) is 0. The minimum absolute atomic E-state index is 0.0332. The molecule has 0 spiro atoms. The van der Waals surface area contributed by atoms with Crippen molar-refractivity contribution in [3.05, 3.63) is 30.1 Å². The fourth-order valence-electron chi connectivity index (χ4n) is 4.46. The summed E-state index contributed by atoms with van der Waals surface area (Å²) in [6.45, 7) is 6.45. The van der Waals surface area contributed by atoms with Gasteiger partial charge in [0.15, 0.2) is 0 Å². The third-order valence-electron chi connectivity index (χ3n) is 6.34. The molecule has 2 fully saturated rings. The van der Waals surface area contributed by atoms with Crippen LogP contribution in [0, 0.1) is 17.7 Å². The summed E-state index contributed by atoms with van der Waals surface area (Å²) in [4.78, 5) is 41.4. The maximum Gasteiger partial charge on any atom is 0.321 e. The molecule has 2 aliphatic heterocycles. The van der Waals surface area contributed by atoms with Crippen LogP contribution in [-0.2, 0) is 9.59 Å². The predicted molar refractivity (Wildman–Crippen MR) is 114 cm³/mol. The Hall–Kier alpha value is -2.68. The van der Waals surface area contributed by atoms with Crippen LogP contribution in [0.5, 0.6) is 0 Å². The molecule has 0 bridgehead atoms. The number of amides is 3.